The minimum absolute atomic E-state index is 0.263. The Morgan fingerprint density at radius 3 is 3.00 bits per heavy atom. The topological polar surface area (TPSA) is 78.3 Å². The van der Waals surface area contributed by atoms with Crippen molar-refractivity contribution in [1.29, 1.82) is 0 Å². The second-order valence-electron chi connectivity index (χ2n) is 5.36. The van der Waals surface area contributed by atoms with Gasteiger partial charge in [0.1, 0.15) is 12.1 Å². The van der Waals surface area contributed by atoms with Crippen LogP contribution in [-0.2, 0) is 0 Å². The zero-order chi connectivity index (χ0) is 13.9. The van der Waals surface area contributed by atoms with E-state index >= 15 is 0 Å². The lowest BCUT2D eigenvalue weighted by atomic mass is 10.1. The second-order valence-corrected chi connectivity index (χ2v) is 5.36. The van der Waals surface area contributed by atoms with Crippen LogP contribution in [0.15, 0.2) is 17.2 Å². The minimum atomic E-state index is -0.263. The SMILES string of the molecule is CC(CNc1cc2n[nH]c(=O)n2cn1)N1CCCCC1. The van der Waals surface area contributed by atoms with Crippen molar-refractivity contribution in [2.24, 2.45) is 0 Å². The lowest BCUT2D eigenvalue weighted by Crippen LogP contribution is -2.41. The van der Waals surface area contributed by atoms with E-state index in [1.807, 2.05) is 0 Å². The van der Waals surface area contributed by atoms with E-state index in [4.69, 9.17) is 0 Å². The van der Waals surface area contributed by atoms with E-state index < -0.39 is 0 Å². The van der Waals surface area contributed by atoms with Crippen LogP contribution in [0.2, 0.25) is 0 Å². The Labute approximate surface area is 117 Å². The first-order chi connectivity index (χ1) is 9.74. The van der Waals surface area contributed by atoms with Crippen LogP contribution in [-0.4, -0.2) is 50.2 Å². The van der Waals surface area contributed by atoms with Crippen LogP contribution in [0.1, 0.15) is 26.2 Å². The number of nitrogens with one attached hydrogen (secondary N) is 2. The monoisotopic (exact) mass is 276 g/mol. The highest BCUT2D eigenvalue weighted by molar-refractivity contribution is 5.48. The Morgan fingerprint density at radius 2 is 2.20 bits per heavy atom. The molecule has 108 valence electrons. The largest absolute Gasteiger partial charge is 0.368 e. The molecule has 20 heavy (non-hydrogen) atoms. The molecule has 0 spiro atoms. The zero-order valence-corrected chi connectivity index (χ0v) is 11.7. The summed E-state index contributed by atoms with van der Waals surface area (Å²) in [7, 11) is 0. The molecule has 0 aliphatic carbocycles. The predicted molar refractivity (Wildman–Crippen MR) is 77.0 cm³/mol. The Bertz CT molecular complexity index is 627. The molecule has 0 radical (unpaired) electrons. The third kappa shape index (κ3) is 2.67. The fourth-order valence-corrected chi connectivity index (χ4v) is 2.65. The van der Waals surface area contributed by atoms with Crippen molar-refractivity contribution in [2.75, 3.05) is 25.0 Å². The van der Waals surface area contributed by atoms with Gasteiger partial charge in [-0.1, -0.05) is 6.42 Å². The average Bonchev–Trinajstić information content (AvgIpc) is 2.87. The molecule has 2 aromatic heterocycles. The van der Waals surface area contributed by atoms with Crippen LogP contribution in [0.4, 0.5) is 5.82 Å². The average molecular weight is 276 g/mol. The number of piperidine rings is 1. The van der Waals surface area contributed by atoms with Gasteiger partial charge in [0.05, 0.1) is 0 Å². The van der Waals surface area contributed by atoms with E-state index in [0.717, 1.165) is 12.4 Å². The van der Waals surface area contributed by atoms with E-state index in [0.29, 0.717) is 11.7 Å². The molecule has 0 amide bonds. The Balaban J connectivity index is 1.62. The standard InChI is InChI=1S/C13H20N6O/c1-10(18-5-3-2-4-6-18)8-14-11-7-12-16-17-13(20)19(12)9-15-11/h7,9-10,14H,2-6,8H2,1H3,(H,17,20). The van der Waals surface area contributed by atoms with Gasteiger partial charge in [0.2, 0.25) is 0 Å². The minimum Gasteiger partial charge on any atom is -0.368 e. The van der Waals surface area contributed by atoms with Crippen molar-refractivity contribution >= 4 is 11.5 Å². The highest BCUT2D eigenvalue weighted by atomic mass is 16.1. The van der Waals surface area contributed by atoms with Crippen molar-refractivity contribution < 1.29 is 0 Å². The summed E-state index contributed by atoms with van der Waals surface area (Å²) in [5.41, 5.74) is 0.318. The smallest absolute Gasteiger partial charge is 0.348 e. The fraction of sp³-hybridized carbons (Fsp3) is 0.615. The van der Waals surface area contributed by atoms with Gasteiger partial charge in [0.25, 0.3) is 0 Å². The zero-order valence-electron chi connectivity index (χ0n) is 11.7. The number of nitrogens with zero attached hydrogens (tertiary/aromatic N) is 4. The summed E-state index contributed by atoms with van der Waals surface area (Å²) in [5, 5.41) is 9.65. The first-order valence-electron chi connectivity index (χ1n) is 7.15. The highest BCUT2D eigenvalue weighted by Gasteiger charge is 2.16. The van der Waals surface area contributed by atoms with Gasteiger partial charge in [-0.25, -0.2) is 19.3 Å². The molecule has 1 unspecified atom stereocenters. The fourth-order valence-electron chi connectivity index (χ4n) is 2.65. The lowest BCUT2D eigenvalue weighted by molar-refractivity contribution is 0.180. The first-order valence-corrected chi connectivity index (χ1v) is 7.15. The molecule has 0 saturated carbocycles. The number of fused-ring (bicyclic) bond motifs is 1. The predicted octanol–water partition coefficient (Wildman–Crippen LogP) is 0.704. The number of H-pyrrole nitrogens is 1. The van der Waals surface area contributed by atoms with E-state index in [9.17, 15) is 4.79 Å². The molecule has 3 heterocycles. The van der Waals surface area contributed by atoms with Crippen LogP contribution in [0, 0.1) is 0 Å². The van der Waals surface area contributed by atoms with Crippen LogP contribution < -0.4 is 11.0 Å². The van der Waals surface area contributed by atoms with Gasteiger partial charge in [-0.3, -0.25) is 4.90 Å². The number of hydrogen-bond donors (Lipinski definition) is 2. The Morgan fingerprint density at radius 1 is 1.40 bits per heavy atom. The summed E-state index contributed by atoms with van der Waals surface area (Å²) in [4.78, 5) is 18.1. The van der Waals surface area contributed by atoms with Gasteiger partial charge >= 0.3 is 5.69 Å². The summed E-state index contributed by atoms with van der Waals surface area (Å²) < 4.78 is 1.39. The lowest BCUT2D eigenvalue weighted by Gasteiger charge is -2.32. The van der Waals surface area contributed by atoms with Crippen molar-refractivity contribution in [3.63, 3.8) is 0 Å². The van der Waals surface area contributed by atoms with E-state index in [1.54, 1.807) is 6.07 Å². The van der Waals surface area contributed by atoms with Crippen LogP contribution in [0.25, 0.3) is 5.65 Å². The van der Waals surface area contributed by atoms with Gasteiger partial charge < -0.3 is 5.32 Å². The number of hydrogen-bond acceptors (Lipinski definition) is 5. The summed E-state index contributed by atoms with van der Waals surface area (Å²) in [5.74, 6) is 0.750. The molecule has 3 rings (SSSR count). The molecule has 1 saturated heterocycles. The maximum absolute atomic E-state index is 11.3. The van der Waals surface area contributed by atoms with Crippen LogP contribution in [0.5, 0.6) is 0 Å². The number of anilines is 1. The summed E-state index contributed by atoms with van der Waals surface area (Å²) in [6, 6.07) is 2.26. The van der Waals surface area contributed by atoms with Crippen molar-refractivity contribution in [3.8, 4) is 0 Å². The molecule has 2 N–H and O–H groups in total. The summed E-state index contributed by atoms with van der Waals surface area (Å²) in [6.45, 7) is 5.45. The van der Waals surface area contributed by atoms with E-state index in [2.05, 4.69) is 32.3 Å². The Hall–Kier alpha value is -1.89. The van der Waals surface area contributed by atoms with Crippen molar-refractivity contribution in [1.82, 2.24) is 24.5 Å². The molecule has 0 bridgehead atoms. The summed E-state index contributed by atoms with van der Waals surface area (Å²) in [6.07, 6.45) is 5.44. The van der Waals surface area contributed by atoms with E-state index in [1.165, 1.54) is 43.1 Å². The molecule has 2 aromatic rings. The van der Waals surface area contributed by atoms with Gasteiger partial charge in [-0.2, -0.15) is 5.10 Å². The molecule has 1 fully saturated rings. The van der Waals surface area contributed by atoms with Gasteiger partial charge in [0, 0.05) is 18.7 Å². The van der Waals surface area contributed by atoms with E-state index in [-0.39, 0.29) is 5.69 Å². The molecule has 1 aliphatic heterocycles. The Kier molecular flexibility index (Phi) is 3.68. The summed E-state index contributed by atoms with van der Waals surface area (Å²) >= 11 is 0. The second kappa shape index (κ2) is 5.62. The molecular weight excluding hydrogens is 256 g/mol. The van der Waals surface area contributed by atoms with Crippen molar-refractivity contribution in [2.45, 2.75) is 32.2 Å². The van der Waals surface area contributed by atoms with Crippen molar-refractivity contribution in [3.05, 3.63) is 22.9 Å². The van der Waals surface area contributed by atoms with Crippen LogP contribution in [0.3, 0.4) is 0 Å². The molecule has 7 nitrogen and oxygen atoms in total. The third-order valence-electron chi connectivity index (χ3n) is 3.90. The first kappa shape index (κ1) is 13.1. The number of likely N-dealkylation sites (tertiary alicyclic amines) is 1. The molecule has 0 aromatic carbocycles. The maximum Gasteiger partial charge on any atom is 0.348 e. The van der Waals surface area contributed by atoms with Gasteiger partial charge in [-0.15, -0.1) is 0 Å². The maximum atomic E-state index is 11.3. The van der Waals surface area contributed by atoms with Crippen LogP contribution >= 0.6 is 0 Å². The molecule has 7 heteroatoms. The molecule has 1 aliphatic rings. The number of rotatable bonds is 4. The number of aromatic nitrogens is 4. The quantitative estimate of drug-likeness (QED) is 0.859. The molecular formula is C13H20N6O. The normalized spacial score (nSPS) is 18.2. The molecule has 1 atom stereocenters. The number of aromatic amines is 1. The van der Waals surface area contributed by atoms with Gasteiger partial charge in [-0.05, 0) is 32.9 Å². The third-order valence-corrected chi connectivity index (χ3v) is 3.90. The highest BCUT2D eigenvalue weighted by Crippen LogP contribution is 2.12. The van der Waals surface area contributed by atoms with Gasteiger partial charge in [0.15, 0.2) is 5.65 Å².